The fourth-order valence-corrected chi connectivity index (χ4v) is 3.91. The maximum Gasteiger partial charge on any atom is 0.227 e. The van der Waals surface area contributed by atoms with Crippen molar-refractivity contribution in [3.8, 4) is 22.8 Å². The van der Waals surface area contributed by atoms with Gasteiger partial charge < -0.3 is 19.3 Å². The van der Waals surface area contributed by atoms with E-state index in [1.165, 1.54) is 0 Å². The largest absolute Gasteiger partial charge is 0.497 e. The van der Waals surface area contributed by atoms with Crippen LogP contribution in [-0.2, 0) is 11.2 Å². The Kier molecular flexibility index (Phi) is 6.40. The highest BCUT2D eigenvalue weighted by molar-refractivity contribution is 5.79. The molecule has 1 aliphatic rings. The zero-order chi connectivity index (χ0) is 21.6. The van der Waals surface area contributed by atoms with Crippen LogP contribution in [-0.4, -0.2) is 61.4 Å². The van der Waals surface area contributed by atoms with Gasteiger partial charge >= 0.3 is 0 Å². The van der Waals surface area contributed by atoms with Crippen LogP contribution in [0.4, 0.5) is 5.82 Å². The average Bonchev–Trinajstić information content (AvgIpc) is 3.17. The van der Waals surface area contributed by atoms with Crippen molar-refractivity contribution in [3.63, 3.8) is 0 Å². The van der Waals surface area contributed by atoms with Crippen LogP contribution >= 0.6 is 0 Å². The van der Waals surface area contributed by atoms with E-state index in [9.17, 15) is 4.79 Å². The third-order valence-corrected chi connectivity index (χ3v) is 5.67. The summed E-state index contributed by atoms with van der Waals surface area (Å²) < 4.78 is 10.6. The van der Waals surface area contributed by atoms with Crippen LogP contribution in [0.3, 0.4) is 0 Å². The van der Waals surface area contributed by atoms with Gasteiger partial charge in [0.25, 0.3) is 0 Å². The minimum absolute atomic E-state index is 0.132. The molecule has 1 saturated heterocycles. The van der Waals surface area contributed by atoms with E-state index in [1.807, 2.05) is 53.4 Å². The second kappa shape index (κ2) is 9.55. The molecule has 162 valence electrons. The van der Waals surface area contributed by atoms with Gasteiger partial charge in [-0.15, -0.1) is 0 Å². The van der Waals surface area contributed by atoms with Crippen molar-refractivity contribution < 1.29 is 14.3 Å². The predicted octanol–water partition coefficient (Wildman–Crippen LogP) is 3.38. The van der Waals surface area contributed by atoms with Crippen LogP contribution in [0.5, 0.6) is 11.5 Å². The summed E-state index contributed by atoms with van der Waals surface area (Å²) in [4.78, 5) is 17.1. The molecule has 31 heavy (non-hydrogen) atoms. The number of hydrogen-bond acceptors (Lipinski definition) is 5. The standard InChI is InChI=1S/C24H28N4O3/c1-30-20-10-8-18(9-11-20)21-17-23(26-25-21)27-12-5-13-28(15-14-27)24(29)16-19-6-3-4-7-22(19)31-2/h3-4,6-11,17H,5,12-16H2,1-2H3,(H,25,26). The zero-order valence-electron chi connectivity index (χ0n) is 18.0. The highest BCUT2D eigenvalue weighted by Crippen LogP contribution is 2.25. The summed E-state index contributed by atoms with van der Waals surface area (Å²) in [6.45, 7) is 3.05. The van der Waals surface area contributed by atoms with Crippen LogP contribution < -0.4 is 14.4 Å². The van der Waals surface area contributed by atoms with Crippen molar-refractivity contribution in [2.45, 2.75) is 12.8 Å². The van der Waals surface area contributed by atoms with E-state index in [0.29, 0.717) is 13.0 Å². The normalized spacial score (nSPS) is 14.3. The number of nitrogens with zero attached hydrogens (tertiary/aromatic N) is 3. The Morgan fingerprint density at radius 2 is 1.81 bits per heavy atom. The Morgan fingerprint density at radius 1 is 1.00 bits per heavy atom. The molecule has 0 atom stereocenters. The van der Waals surface area contributed by atoms with Crippen molar-refractivity contribution in [3.05, 3.63) is 60.2 Å². The molecule has 7 nitrogen and oxygen atoms in total. The lowest BCUT2D eigenvalue weighted by atomic mass is 10.1. The minimum atomic E-state index is 0.132. The number of ether oxygens (including phenoxy) is 2. The fraction of sp³-hybridized carbons (Fsp3) is 0.333. The number of para-hydroxylation sites is 1. The maximum absolute atomic E-state index is 12.9. The van der Waals surface area contributed by atoms with Crippen LogP contribution in [0.2, 0.25) is 0 Å². The van der Waals surface area contributed by atoms with E-state index >= 15 is 0 Å². The summed E-state index contributed by atoms with van der Waals surface area (Å²) in [7, 11) is 3.30. The van der Waals surface area contributed by atoms with Gasteiger partial charge in [0, 0.05) is 37.8 Å². The summed E-state index contributed by atoms with van der Waals surface area (Å²) in [5.41, 5.74) is 2.95. The maximum atomic E-state index is 12.9. The summed E-state index contributed by atoms with van der Waals surface area (Å²) in [5, 5.41) is 7.64. The average molecular weight is 421 g/mol. The first-order chi connectivity index (χ1) is 15.2. The van der Waals surface area contributed by atoms with Crippen LogP contribution in [0.1, 0.15) is 12.0 Å². The molecular weight excluding hydrogens is 392 g/mol. The molecule has 0 bridgehead atoms. The molecule has 0 spiro atoms. The van der Waals surface area contributed by atoms with Crippen LogP contribution in [0.25, 0.3) is 11.3 Å². The van der Waals surface area contributed by atoms with Gasteiger partial charge in [0.15, 0.2) is 5.82 Å². The van der Waals surface area contributed by atoms with Crippen molar-refractivity contribution in [1.29, 1.82) is 0 Å². The number of benzene rings is 2. The van der Waals surface area contributed by atoms with E-state index in [-0.39, 0.29) is 5.91 Å². The Balaban J connectivity index is 1.39. The monoisotopic (exact) mass is 420 g/mol. The van der Waals surface area contributed by atoms with Crippen molar-refractivity contribution in [2.24, 2.45) is 0 Å². The number of rotatable bonds is 6. The number of anilines is 1. The number of carbonyl (C=O) groups is 1. The lowest BCUT2D eigenvalue weighted by molar-refractivity contribution is -0.130. The quantitative estimate of drug-likeness (QED) is 0.662. The first kappa shape index (κ1) is 20.8. The highest BCUT2D eigenvalue weighted by Gasteiger charge is 2.21. The van der Waals surface area contributed by atoms with Crippen LogP contribution in [0, 0.1) is 0 Å². The number of aromatic nitrogens is 2. The van der Waals surface area contributed by atoms with Crippen LogP contribution in [0.15, 0.2) is 54.6 Å². The molecule has 0 unspecified atom stereocenters. The zero-order valence-corrected chi connectivity index (χ0v) is 18.0. The smallest absolute Gasteiger partial charge is 0.227 e. The van der Waals surface area contributed by atoms with Gasteiger partial charge in [-0.2, -0.15) is 5.10 Å². The molecule has 1 aliphatic heterocycles. The molecule has 0 aliphatic carbocycles. The second-order valence-corrected chi connectivity index (χ2v) is 7.58. The van der Waals surface area contributed by atoms with E-state index in [2.05, 4.69) is 21.2 Å². The fourth-order valence-electron chi connectivity index (χ4n) is 3.91. The molecule has 2 heterocycles. The second-order valence-electron chi connectivity index (χ2n) is 7.58. The van der Waals surface area contributed by atoms with E-state index in [0.717, 1.165) is 60.2 Å². The topological polar surface area (TPSA) is 70.7 Å². The van der Waals surface area contributed by atoms with Crippen molar-refractivity contribution >= 4 is 11.7 Å². The van der Waals surface area contributed by atoms with Gasteiger partial charge in [0.05, 0.1) is 26.3 Å². The van der Waals surface area contributed by atoms with Crippen molar-refractivity contribution in [1.82, 2.24) is 15.1 Å². The Hall–Kier alpha value is -3.48. The Labute approximate surface area is 182 Å². The van der Waals surface area contributed by atoms with Gasteiger partial charge in [-0.25, -0.2) is 0 Å². The Bertz CT molecular complexity index is 1020. The van der Waals surface area contributed by atoms with Gasteiger partial charge in [0.1, 0.15) is 11.5 Å². The molecule has 4 rings (SSSR count). The number of aromatic amines is 1. The molecule has 1 amide bonds. The number of hydrogen-bond donors (Lipinski definition) is 1. The molecule has 2 aromatic carbocycles. The Morgan fingerprint density at radius 3 is 2.58 bits per heavy atom. The van der Waals surface area contributed by atoms with Gasteiger partial charge in [0.2, 0.25) is 5.91 Å². The third-order valence-electron chi connectivity index (χ3n) is 5.67. The van der Waals surface area contributed by atoms with Gasteiger partial charge in [-0.3, -0.25) is 9.89 Å². The third kappa shape index (κ3) is 4.82. The number of nitrogens with one attached hydrogen (secondary N) is 1. The molecule has 7 heteroatoms. The summed E-state index contributed by atoms with van der Waals surface area (Å²) in [6, 6.07) is 17.7. The summed E-state index contributed by atoms with van der Waals surface area (Å²) in [6.07, 6.45) is 1.26. The van der Waals surface area contributed by atoms with E-state index in [4.69, 9.17) is 9.47 Å². The lowest BCUT2D eigenvalue weighted by Crippen LogP contribution is -2.36. The number of carbonyl (C=O) groups excluding carboxylic acids is 1. The van der Waals surface area contributed by atoms with Crippen molar-refractivity contribution in [2.75, 3.05) is 45.3 Å². The molecule has 1 aromatic heterocycles. The van der Waals surface area contributed by atoms with E-state index in [1.54, 1.807) is 14.2 Å². The minimum Gasteiger partial charge on any atom is -0.497 e. The number of amides is 1. The summed E-state index contributed by atoms with van der Waals surface area (Å²) in [5.74, 6) is 2.63. The molecule has 1 N–H and O–H groups in total. The van der Waals surface area contributed by atoms with Gasteiger partial charge in [-0.05, 0) is 42.3 Å². The summed E-state index contributed by atoms with van der Waals surface area (Å²) >= 11 is 0. The lowest BCUT2D eigenvalue weighted by Gasteiger charge is -2.22. The molecule has 0 saturated carbocycles. The number of methoxy groups -OCH3 is 2. The number of H-pyrrole nitrogens is 1. The first-order valence-electron chi connectivity index (χ1n) is 10.5. The SMILES string of the molecule is COc1ccc(-c2cc(N3CCCN(C(=O)Cc4ccccc4OC)CC3)n[nH]2)cc1. The first-order valence-corrected chi connectivity index (χ1v) is 10.5. The molecule has 1 fully saturated rings. The molecule has 0 radical (unpaired) electrons. The molecular formula is C24H28N4O3. The van der Waals surface area contributed by atoms with E-state index < -0.39 is 0 Å². The highest BCUT2D eigenvalue weighted by atomic mass is 16.5. The van der Waals surface area contributed by atoms with Gasteiger partial charge in [-0.1, -0.05) is 18.2 Å². The molecule has 3 aromatic rings. The predicted molar refractivity (Wildman–Crippen MR) is 121 cm³/mol.